The fourth-order valence-electron chi connectivity index (χ4n) is 2.49. The Bertz CT molecular complexity index is 282. The summed E-state index contributed by atoms with van der Waals surface area (Å²) in [5.74, 6) is -0.583. The van der Waals surface area contributed by atoms with Gasteiger partial charge in [0, 0.05) is 0 Å². The van der Waals surface area contributed by atoms with Gasteiger partial charge in [0.2, 0.25) is 0 Å². The van der Waals surface area contributed by atoms with Gasteiger partial charge in [-0.25, -0.2) is 0 Å². The van der Waals surface area contributed by atoms with Crippen LogP contribution in [0.15, 0.2) is 0 Å². The van der Waals surface area contributed by atoms with E-state index in [1.165, 1.54) is 51.4 Å². The molecular weight excluding hydrogens is 350 g/mol. The fraction of sp³-hybridized carbons (Fsp3) is 0.900. The first kappa shape index (κ1) is 31.6. The number of unbranched alkanes of at least 4 members (excludes halogenated alkanes) is 10. The van der Waals surface area contributed by atoms with Crippen molar-refractivity contribution >= 4 is 71.1 Å². The van der Waals surface area contributed by atoms with Crippen LogP contribution in [0.2, 0.25) is 0 Å². The van der Waals surface area contributed by atoms with Crippen molar-refractivity contribution in [1.82, 2.24) is 0 Å². The summed E-state index contributed by atoms with van der Waals surface area (Å²) in [4.78, 5) is 23.1. The Morgan fingerprint density at radius 3 is 1.19 bits per heavy atom. The van der Waals surface area contributed by atoms with Gasteiger partial charge in [0.15, 0.2) is 0 Å². The Morgan fingerprint density at radius 2 is 0.846 bits per heavy atom. The van der Waals surface area contributed by atoms with Crippen LogP contribution >= 0.6 is 0 Å². The summed E-state index contributed by atoms with van der Waals surface area (Å²) in [6.45, 7) is 5.33. The number of carbonyl (C=O) groups is 2. The van der Waals surface area contributed by atoms with E-state index in [0.29, 0.717) is 13.2 Å². The van der Waals surface area contributed by atoms with Gasteiger partial charge >= 0.3 is 71.1 Å². The first-order valence-electron chi connectivity index (χ1n) is 10.0. The summed E-state index contributed by atoms with van der Waals surface area (Å²) < 4.78 is 10.3. The quantitative estimate of drug-likeness (QED) is 0.211. The molecule has 0 fully saturated rings. The van der Waals surface area contributed by atoms with Gasteiger partial charge in [-0.3, -0.25) is 9.59 Å². The van der Waals surface area contributed by atoms with E-state index < -0.39 is 0 Å². The van der Waals surface area contributed by atoms with Crippen molar-refractivity contribution in [2.45, 2.75) is 104 Å². The van der Waals surface area contributed by atoms with Crippen LogP contribution < -0.4 is 0 Å². The monoisotopic (exact) mass is 390 g/mol. The number of carbonyl (C=O) groups excluding carboxylic acids is 2. The van der Waals surface area contributed by atoms with Gasteiger partial charge in [-0.1, -0.05) is 78.1 Å². The predicted octanol–water partition coefficient (Wildman–Crippen LogP) is 4.28. The van der Waals surface area contributed by atoms with Gasteiger partial charge in [-0.05, 0) is 12.8 Å². The summed E-state index contributed by atoms with van der Waals surface area (Å²) in [5, 5.41) is 0. The van der Waals surface area contributed by atoms with Crippen LogP contribution in [-0.2, 0) is 19.1 Å². The molecule has 0 saturated heterocycles. The third-order valence-corrected chi connectivity index (χ3v) is 4.06. The van der Waals surface area contributed by atoms with Crippen molar-refractivity contribution in [2.24, 2.45) is 0 Å². The summed E-state index contributed by atoms with van der Waals surface area (Å²) >= 11 is 0. The van der Waals surface area contributed by atoms with Crippen molar-refractivity contribution in [3.05, 3.63) is 0 Å². The van der Waals surface area contributed by atoms with Gasteiger partial charge in [0.05, 0.1) is 26.1 Å². The Kier molecular flexibility index (Phi) is 31.6. The molecule has 0 rings (SSSR count). The molecule has 0 aliphatic rings. The maximum atomic E-state index is 11.5. The molecule has 4 nitrogen and oxygen atoms in total. The van der Waals surface area contributed by atoms with E-state index in [2.05, 4.69) is 13.8 Å². The zero-order valence-corrected chi connectivity index (χ0v) is 15.9. The van der Waals surface area contributed by atoms with Crippen LogP contribution in [0.25, 0.3) is 0 Å². The standard InChI is InChI=1S/C20H38O4.2Na.2H/c1-3-5-7-9-11-13-17-23-19(21)15-16-20(22)24-18-14-12-10-8-6-4-2;;;;/h3-18H2,1-2H3;;;;. The molecule has 0 unspecified atom stereocenters. The van der Waals surface area contributed by atoms with Gasteiger partial charge < -0.3 is 9.47 Å². The van der Waals surface area contributed by atoms with Crippen molar-refractivity contribution < 1.29 is 19.1 Å². The van der Waals surface area contributed by atoms with E-state index >= 15 is 0 Å². The molecule has 0 saturated carbocycles. The van der Waals surface area contributed by atoms with Crippen LogP contribution in [0, 0.1) is 0 Å². The topological polar surface area (TPSA) is 52.6 Å². The van der Waals surface area contributed by atoms with Crippen molar-refractivity contribution in [3.8, 4) is 0 Å². The molecule has 0 aromatic rings. The average Bonchev–Trinajstić information content (AvgIpc) is 2.58. The summed E-state index contributed by atoms with van der Waals surface area (Å²) in [5.41, 5.74) is 0. The number of hydrogen-bond acceptors (Lipinski definition) is 4. The first-order chi connectivity index (χ1) is 11.7. The van der Waals surface area contributed by atoms with Gasteiger partial charge in [-0.2, -0.15) is 0 Å². The van der Waals surface area contributed by atoms with Crippen LogP contribution in [0.5, 0.6) is 0 Å². The Morgan fingerprint density at radius 1 is 0.538 bits per heavy atom. The molecule has 0 amide bonds. The Hall–Kier alpha value is 0.940. The molecule has 0 spiro atoms. The third kappa shape index (κ3) is 24.9. The molecule has 0 heterocycles. The van der Waals surface area contributed by atoms with E-state index in [1.807, 2.05) is 0 Å². The van der Waals surface area contributed by atoms with E-state index in [4.69, 9.17) is 9.47 Å². The molecule has 26 heavy (non-hydrogen) atoms. The molecule has 0 radical (unpaired) electrons. The molecule has 0 N–H and O–H groups in total. The molecule has 146 valence electrons. The SMILES string of the molecule is CCCCCCCCOC(=O)CCC(=O)OCCCCCCCC.[NaH].[NaH]. The van der Waals surface area contributed by atoms with E-state index in [9.17, 15) is 9.59 Å². The summed E-state index contributed by atoms with van der Waals surface area (Å²) in [6.07, 6.45) is 14.3. The van der Waals surface area contributed by atoms with Crippen LogP contribution in [0.1, 0.15) is 104 Å². The van der Waals surface area contributed by atoms with Crippen LogP contribution in [0.4, 0.5) is 0 Å². The third-order valence-electron chi connectivity index (χ3n) is 4.06. The fourth-order valence-corrected chi connectivity index (χ4v) is 2.49. The predicted molar refractivity (Wildman–Crippen MR) is 112 cm³/mol. The van der Waals surface area contributed by atoms with Gasteiger partial charge in [0.25, 0.3) is 0 Å². The molecule has 0 aliphatic carbocycles. The van der Waals surface area contributed by atoms with Crippen molar-refractivity contribution in [2.75, 3.05) is 13.2 Å². The van der Waals surface area contributed by atoms with Crippen LogP contribution in [0.3, 0.4) is 0 Å². The molecule has 0 atom stereocenters. The average molecular weight is 391 g/mol. The first-order valence-corrected chi connectivity index (χ1v) is 10.0. The normalized spacial score (nSPS) is 9.77. The van der Waals surface area contributed by atoms with E-state index in [-0.39, 0.29) is 83.9 Å². The zero-order chi connectivity index (χ0) is 17.9. The van der Waals surface area contributed by atoms with Crippen molar-refractivity contribution in [3.63, 3.8) is 0 Å². The second kappa shape index (κ2) is 25.9. The van der Waals surface area contributed by atoms with Gasteiger partial charge in [-0.15, -0.1) is 0 Å². The van der Waals surface area contributed by atoms with E-state index in [1.54, 1.807) is 0 Å². The second-order valence-corrected chi connectivity index (χ2v) is 6.48. The Balaban J connectivity index is -0.00000264. The molecule has 0 aromatic heterocycles. The van der Waals surface area contributed by atoms with E-state index in [0.717, 1.165) is 25.7 Å². The molecule has 0 aromatic carbocycles. The Labute approximate surface area is 205 Å². The minimum atomic E-state index is -0.292. The minimum absolute atomic E-state index is 0. The summed E-state index contributed by atoms with van der Waals surface area (Å²) in [6, 6.07) is 0. The molecular formula is C20H40Na2O4. The number of hydrogen-bond donors (Lipinski definition) is 0. The summed E-state index contributed by atoms with van der Waals surface area (Å²) in [7, 11) is 0. The number of ether oxygens (including phenoxy) is 2. The maximum absolute atomic E-state index is 11.5. The van der Waals surface area contributed by atoms with Crippen LogP contribution in [-0.4, -0.2) is 84.3 Å². The number of esters is 2. The number of rotatable bonds is 17. The molecule has 0 bridgehead atoms. The molecule has 6 heteroatoms. The van der Waals surface area contributed by atoms with Crippen molar-refractivity contribution in [1.29, 1.82) is 0 Å². The van der Waals surface area contributed by atoms with Gasteiger partial charge in [0.1, 0.15) is 0 Å². The zero-order valence-electron chi connectivity index (χ0n) is 15.9. The second-order valence-electron chi connectivity index (χ2n) is 6.48. The molecule has 0 aliphatic heterocycles.